The minimum atomic E-state index is -0.485. The topological polar surface area (TPSA) is 100 Å². The summed E-state index contributed by atoms with van der Waals surface area (Å²) in [7, 11) is 0. The Kier molecular flexibility index (Phi) is 4.94. The number of carbonyl (C=O) groups is 2. The molecule has 2 aromatic heterocycles. The van der Waals surface area contributed by atoms with Crippen LogP contribution in [-0.4, -0.2) is 41.4 Å². The van der Waals surface area contributed by atoms with Gasteiger partial charge in [-0.1, -0.05) is 12.1 Å². The van der Waals surface area contributed by atoms with Crippen molar-refractivity contribution in [3.05, 3.63) is 59.9 Å². The predicted molar refractivity (Wildman–Crippen MR) is 104 cm³/mol. The molecule has 0 aliphatic carbocycles. The van der Waals surface area contributed by atoms with Crippen LogP contribution in [0, 0.1) is 12.7 Å². The van der Waals surface area contributed by atoms with E-state index in [4.69, 9.17) is 4.42 Å². The molecule has 0 saturated carbocycles. The van der Waals surface area contributed by atoms with Crippen molar-refractivity contribution < 1.29 is 18.4 Å². The molecule has 8 nitrogen and oxygen atoms in total. The van der Waals surface area contributed by atoms with Crippen molar-refractivity contribution in [2.75, 3.05) is 29.9 Å². The molecule has 1 fully saturated rings. The Hall–Kier alpha value is -3.75. The average Bonchev–Trinajstić information content (AvgIpc) is 3.10. The summed E-state index contributed by atoms with van der Waals surface area (Å²) in [6, 6.07) is 9.49. The van der Waals surface area contributed by atoms with Crippen LogP contribution in [0.2, 0.25) is 0 Å². The smallest absolute Gasteiger partial charge is 0.277 e. The molecule has 0 radical (unpaired) electrons. The maximum Gasteiger partial charge on any atom is 0.277 e. The number of rotatable bonds is 4. The van der Waals surface area contributed by atoms with Crippen LogP contribution in [0.5, 0.6) is 0 Å². The van der Waals surface area contributed by atoms with Crippen LogP contribution in [0.3, 0.4) is 0 Å². The van der Waals surface area contributed by atoms with Gasteiger partial charge in [-0.25, -0.2) is 14.4 Å². The van der Waals surface area contributed by atoms with Gasteiger partial charge in [0.2, 0.25) is 11.8 Å². The molecule has 0 spiro atoms. The summed E-state index contributed by atoms with van der Waals surface area (Å²) >= 11 is 0. The molecule has 1 aliphatic rings. The first-order chi connectivity index (χ1) is 14.0. The number of piperazine rings is 1. The Morgan fingerprint density at radius 2 is 2.10 bits per heavy atom. The summed E-state index contributed by atoms with van der Waals surface area (Å²) in [5.74, 6) is -0.0419. The third-order valence-corrected chi connectivity index (χ3v) is 4.48. The van der Waals surface area contributed by atoms with E-state index in [1.54, 1.807) is 31.2 Å². The van der Waals surface area contributed by atoms with E-state index in [9.17, 15) is 14.0 Å². The number of oxazole rings is 1. The highest BCUT2D eigenvalue weighted by Gasteiger charge is 2.21. The van der Waals surface area contributed by atoms with E-state index in [0.29, 0.717) is 24.6 Å². The summed E-state index contributed by atoms with van der Waals surface area (Å²) in [6.07, 6.45) is 1.51. The number of anilines is 2. The minimum Gasteiger partial charge on any atom is -0.440 e. The van der Waals surface area contributed by atoms with Gasteiger partial charge in [0.15, 0.2) is 5.69 Å². The summed E-state index contributed by atoms with van der Waals surface area (Å²) in [5, 5.41) is 5.46. The van der Waals surface area contributed by atoms with Crippen molar-refractivity contribution in [2.24, 2.45) is 0 Å². The second-order valence-electron chi connectivity index (χ2n) is 6.53. The Bertz CT molecular complexity index is 1060. The van der Waals surface area contributed by atoms with Crippen molar-refractivity contribution >= 4 is 23.3 Å². The lowest BCUT2D eigenvalue weighted by Crippen LogP contribution is -2.48. The first-order valence-electron chi connectivity index (χ1n) is 9.02. The molecule has 0 atom stereocenters. The lowest BCUT2D eigenvalue weighted by atomic mass is 10.2. The Morgan fingerprint density at radius 3 is 2.83 bits per heavy atom. The number of pyridine rings is 1. The van der Waals surface area contributed by atoms with Crippen LogP contribution in [-0.2, 0) is 4.79 Å². The fourth-order valence-corrected chi connectivity index (χ4v) is 3.03. The van der Waals surface area contributed by atoms with Crippen molar-refractivity contribution in [3.8, 4) is 11.5 Å². The molecule has 2 amide bonds. The van der Waals surface area contributed by atoms with Crippen molar-refractivity contribution in [1.29, 1.82) is 0 Å². The largest absolute Gasteiger partial charge is 0.440 e. The number of carbonyl (C=O) groups excluding carboxylic acids is 2. The summed E-state index contributed by atoms with van der Waals surface area (Å²) < 4.78 is 19.4. The zero-order valence-corrected chi connectivity index (χ0v) is 15.6. The number of halogens is 1. The molecule has 0 bridgehead atoms. The van der Waals surface area contributed by atoms with E-state index in [-0.39, 0.29) is 35.4 Å². The lowest BCUT2D eigenvalue weighted by molar-refractivity contribution is -0.120. The van der Waals surface area contributed by atoms with Crippen LogP contribution in [0.25, 0.3) is 11.5 Å². The van der Waals surface area contributed by atoms with Gasteiger partial charge in [-0.15, -0.1) is 0 Å². The molecule has 1 aliphatic heterocycles. The van der Waals surface area contributed by atoms with Gasteiger partial charge in [-0.3, -0.25) is 9.59 Å². The molecule has 9 heteroatoms. The van der Waals surface area contributed by atoms with Crippen molar-refractivity contribution in [1.82, 2.24) is 15.3 Å². The van der Waals surface area contributed by atoms with E-state index >= 15 is 0 Å². The summed E-state index contributed by atoms with van der Waals surface area (Å²) in [5.41, 5.74) is 0.723. The fourth-order valence-electron chi connectivity index (χ4n) is 3.03. The number of aromatic nitrogens is 2. The monoisotopic (exact) mass is 395 g/mol. The third-order valence-electron chi connectivity index (χ3n) is 4.48. The van der Waals surface area contributed by atoms with Crippen molar-refractivity contribution in [2.45, 2.75) is 6.92 Å². The van der Waals surface area contributed by atoms with E-state index < -0.39 is 11.7 Å². The molecular formula is C20H18FN5O3. The van der Waals surface area contributed by atoms with E-state index in [1.807, 2.05) is 4.90 Å². The number of amides is 2. The number of hydrogen-bond donors (Lipinski definition) is 2. The molecule has 4 rings (SSSR count). The number of aryl methyl sites for hydroxylation is 1. The van der Waals surface area contributed by atoms with Crippen LogP contribution in [0.15, 0.2) is 47.0 Å². The predicted octanol–water partition coefficient (Wildman–Crippen LogP) is 2.37. The normalized spacial score (nSPS) is 13.9. The van der Waals surface area contributed by atoms with Crippen LogP contribution >= 0.6 is 0 Å². The molecule has 148 valence electrons. The van der Waals surface area contributed by atoms with Gasteiger partial charge in [0.05, 0.1) is 24.0 Å². The van der Waals surface area contributed by atoms with Gasteiger partial charge < -0.3 is 20.0 Å². The van der Waals surface area contributed by atoms with Gasteiger partial charge in [0.1, 0.15) is 17.4 Å². The second kappa shape index (κ2) is 7.70. The number of benzene rings is 1. The van der Waals surface area contributed by atoms with Gasteiger partial charge >= 0.3 is 0 Å². The Balaban J connectivity index is 1.48. The molecule has 0 unspecified atom stereocenters. The number of nitrogens with zero attached hydrogens (tertiary/aromatic N) is 3. The average molecular weight is 395 g/mol. The number of hydrogen-bond acceptors (Lipinski definition) is 6. The maximum absolute atomic E-state index is 13.9. The van der Waals surface area contributed by atoms with E-state index in [1.165, 1.54) is 18.3 Å². The van der Waals surface area contributed by atoms with Crippen molar-refractivity contribution in [3.63, 3.8) is 0 Å². The second-order valence-corrected chi connectivity index (χ2v) is 6.53. The van der Waals surface area contributed by atoms with Crippen LogP contribution < -0.4 is 15.5 Å². The SMILES string of the molecule is Cc1oc(-c2ccccc2F)nc1C(=O)Nc1ccc(N2CCNC(=O)C2)nc1. The highest BCUT2D eigenvalue weighted by atomic mass is 19.1. The highest BCUT2D eigenvalue weighted by Crippen LogP contribution is 2.25. The molecule has 1 aromatic carbocycles. The standard InChI is InChI=1S/C20H18FN5O3/c1-12-18(25-20(29-12)14-4-2-3-5-15(14)21)19(28)24-13-6-7-16(23-10-13)26-9-8-22-17(27)11-26/h2-7,10H,8-9,11H2,1H3,(H,22,27)(H,24,28). The zero-order chi connectivity index (χ0) is 20.4. The quantitative estimate of drug-likeness (QED) is 0.704. The van der Waals surface area contributed by atoms with Gasteiger partial charge in [0.25, 0.3) is 5.91 Å². The summed E-state index contributed by atoms with van der Waals surface area (Å²) in [4.78, 5) is 34.4. The Morgan fingerprint density at radius 1 is 1.28 bits per heavy atom. The first kappa shape index (κ1) is 18.6. The maximum atomic E-state index is 13.9. The summed E-state index contributed by atoms with van der Waals surface area (Å²) in [6.45, 7) is 3.07. The zero-order valence-electron chi connectivity index (χ0n) is 15.6. The molecule has 1 saturated heterocycles. The van der Waals surface area contributed by atoms with E-state index in [2.05, 4.69) is 20.6 Å². The highest BCUT2D eigenvalue weighted by molar-refractivity contribution is 6.03. The fraction of sp³-hybridized carbons (Fsp3) is 0.200. The lowest BCUT2D eigenvalue weighted by Gasteiger charge is -2.27. The van der Waals surface area contributed by atoms with Crippen LogP contribution in [0.4, 0.5) is 15.9 Å². The molecule has 3 heterocycles. The molecular weight excluding hydrogens is 377 g/mol. The molecule has 29 heavy (non-hydrogen) atoms. The minimum absolute atomic E-state index is 0.0441. The van der Waals surface area contributed by atoms with Crippen LogP contribution in [0.1, 0.15) is 16.2 Å². The molecule has 2 N–H and O–H groups in total. The first-order valence-corrected chi connectivity index (χ1v) is 9.02. The number of nitrogens with one attached hydrogen (secondary N) is 2. The molecule has 3 aromatic rings. The third kappa shape index (κ3) is 3.93. The van der Waals surface area contributed by atoms with E-state index in [0.717, 1.165) is 0 Å². The van der Waals surface area contributed by atoms with Gasteiger partial charge in [-0.2, -0.15) is 0 Å². The Labute approximate surface area is 165 Å². The van der Waals surface area contributed by atoms with Gasteiger partial charge in [-0.05, 0) is 31.2 Å². The van der Waals surface area contributed by atoms with Gasteiger partial charge in [0, 0.05) is 13.1 Å².